The number of anilines is 1. The molecule has 1 aromatic rings. The molecule has 0 spiro atoms. The number of imide groups is 1. The number of hydrogen-bond donors (Lipinski definition) is 2. The zero-order valence-electron chi connectivity index (χ0n) is 11.0. The van der Waals surface area contributed by atoms with Crippen molar-refractivity contribution in [3.05, 3.63) is 29.3 Å². The number of aryl methyl sites for hydroxylation is 2. The molecule has 5 heteroatoms. The van der Waals surface area contributed by atoms with Gasteiger partial charge in [0, 0.05) is 6.54 Å². The van der Waals surface area contributed by atoms with Crippen LogP contribution in [0, 0.1) is 13.8 Å². The van der Waals surface area contributed by atoms with Gasteiger partial charge in [0.05, 0.1) is 5.69 Å². The summed E-state index contributed by atoms with van der Waals surface area (Å²) in [6, 6.07) is 4.05. The van der Waals surface area contributed by atoms with E-state index < -0.39 is 12.1 Å². The Labute approximate surface area is 107 Å². The van der Waals surface area contributed by atoms with Gasteiger partial charge in [-0.3, -0.25) is 0 Å². The van der Waals surface area contributed by atoms with Crippen molar-refractivity contribution in [3.63, 3.8) is 0 Å². The Morgan fingerprint density at radius 1 is 1.28 bits per heavy atom. The lowest BCUT2D eigenvalue weighted by atomic mass is 10.1. The number of nitrogens with zero attached hydrogens (tertiary/aromatic N) is 1. The number of rotatable bonds is 3. The molecular weight excluding hydrogens is 230 g/mol. The van der Waals surface area contributed by atoms with E-state index in [1.165, 1.54) is 0 Å². The molecule has 98 valence electrons. The van der Waals surface area contributed by atoms with Crippen molar-refractivity contribution < 1.29 is 9.59 Å². The number of nitrogens with one attached hydrogen (secondary N) is 1. The van der Waals surface area contributed by atoms with Gasteiger partial charge in [-0.2, -0.15) is 0 Å². The summed E-state index contributed by atoms with van der Waals surface area (Å²) in [5, 5.41) is 2.63. The minimum Gasteiger partial charge on any atom is -0.351 e. The molecule has 1 aromatic carbocycles. The summed E-state index contributed by atoms with van der Waals surface area (Å²) in [5.41, 5.74) is 7.84. The van der Waals surface area contributed by atoms with Crippen molar-refractivity contribution >= 4 is 17.7 Å². The van der Waals surface area contributed by atoms with Crippen LogP contribution in [0.25, 0.3) is 0 Å². The first-order valence-electron chi connectivity index (χ1n) is 5.92. The summed E-state index contributed by atoms with van der Waals surface area (Å²) in [6.07, 6.45) is 0.797. The van der Waals surface area contributed by atoms with E-state index in [9.17, 15) is 9.59 Å². The fourth-order valence-corrected chi connectivity index (χ4v) is 1.52. The molecule has 0 radical (unpaired) electrons. The Hall–Kier alpha value is -2.04. The van der Waals surface area contributed by atoms with Gasteiger partial charge in [-0.15, -0.1) is 0 Å². The number of carbonyl (C=O) groups excluding carboxylic acids is 2. The second kappa shape index (κ2) is 6.05. The maximum Gasteiger partial charge on any atom is 0.330 e. The molecular formula is C13H19N3O2. The van der Waals surface area contributed by atoms with Crippen LogP contribution in [0.5, 0.6) is 0 Å². The smallest absolute Gasteiger partial charge is 0.330 e. The summed E-state index contributed by atoms with van der Waals surface area (Å²) >= 11 is 0. The van der Waals surface area contributed by atoms with Gasteiger partial charge in [-0.25, -0.2) is 14.5 Å². The minimum absolute atomic E-state index is 0.485. The molecule has 0 saturated carbocycles. The number of primary amides is 1. The Kier molecular flexibility index (Phi) is 4.71. The number of amides is 4. The molecule has 0 saturated heterocycles. The number of urea groups is 2. The predicted molar refractivity (Wildman–Crippen MR) is 71.7 cm³/mol. The summed E-state index contributed by atoms with van der Waals surface area (Å²) in [7, 11) is 0. The fourth-order valence-electron chi connectivity index (χ4n) is 1.52. The quantitative estimate of drug-likeness (QED) is 0.862. The van der Waals surface area contributed by atoms with E-state index in [0.29, 0.717) is 12.2 Å². The van der Waals surface area contributed by atoms with Crippen LogP contribution in [-0.2, 0) is 0 Å². The third kappa shape index (κ3) is 3.23. The average Bonchev–Trinajstić information content (AvgIpc) is 2.31. The molecule has 0 aromatic heterocycles. The van der Waals surface area contributed by atoms with Crippen molar-refractivity contribution in [2.75, 3.05) is 11.4 Å². The lowest BCUT2D eigenvalue weighted by molar-refractivity contribution is 0.238. The van der Waals surface area contributed by atoms with Gasteiger partial charge in [-0.1, -0.05) is 13.0 Å². The third-order valence-electron chi connectivity index (χ3n) is 2.70. The van der Waals surface area contributed by atoms with E-state index in [1.807, 2.05) is 26.8 Å². The van der Waals surface area contributed by atoms with E-state index in [1.54, 1.807) is 12.1 Å². The molecule has 18 heavy (non-hydrogen) atoms. The molecule has 0 bridgehead atoms. The first-order chi connectivity index (χ1) is 8.47. The molecule has 0 fully saturated rings. The molecule has 4 amide bonds. The van der Waals surface area contributed by atoms with Crippen molar-refractivity contribution in [1.29, 1.82) is 0 Å². The van der Waals surface area contributed by atoms with Gasteiger partial charge >= 0.3 is 12.1 Å². The Bertz CT molecular complexity index is 458. The van der Waals surface area contributed by atoms with Crippen LogP contribution in [0.1, 0.15) is 24.5 Å². The van der Waals surface area contributed by atoms with E-state index >= 15 is 0 Å². The molecule has 0 unspecified atom stereocenters. The number of carbonyl (C=O) groups is 2. The number of nitrogens with two attached hydrogens (primary N) is 1. The number of benzene rings is 1. The van der Waals surface area contributed by atoms with E-state index in [-0.39, 0.29) is 0 Å². The zero-order valence-corrected chi connectivity index (χ0v) is 11.0. The molecule has 3 N–H and O–H groups in total. The van der Waals surface area contributed by atoms with Gasteiger partial charge in [0.1, 0.15) is 0 Å². The minimum atomic E-state index is -0.785. The first kappa shape index (κ1) is 14.0. The van der Waals surface area contributed by atoms with Crippen LogP contribution in [0.3, 0.4) is 0 Å². The van der Waals surface area contributed by atoms with Crippen molar-refractivity contribution in [2.24, 2.45) is 5.73 Å². The van der Waals surface area contributed by atoms with Crippen molar-refractivity contribution in [2.45, 2.75) is 27.2 Å². The summed E-state index contributed by atoms with van der Waals surface area (Å²) in [6.45, 7) is 6.32. The van der Waals surface area contributed by atoms with Gasteiger partial charge in [-0.05, 0) is 43.5 Å². The summed E-state index contributed by atoms with van der Waals surface area (Å²) in [5.74, 6) is 0. The molecule has 0 aliphatic carbocycles. The van der Waals surface area contributed by atoms with Gasteiger partial charge < -0.3 is 11.1 Å². The Balaban J connectivity index is 3.01. The maximum atomic E-state index is 11.9. The van der Waals surface area contributed by atoms with Gasteiger partial charge in [0.2, 0.25) is 0 Å². The van der Waals surface area contributed by atoms with E-state index in [0.717, 1.165) is 22.4 Å². The van der Waals surface area contributed by atoms with Crippen molar-refractivity contribution in [3.8, 4) is 0 Å². The Morgan fingerprint density at radius 3 is 2.44 bits per heavy atom. The SMILES string of the molecule is CCCNC(=O)N(C(N)=O)c1ccc(C)c(C)c1. The van der Waals surface area contributed by atoms with Crippen LogP contribution in [0.2, 0.25) is 0 Å². The molecule has 1 rings (SSSR count). The highest BCUT2D eigenvalue weighted by Gasteiger charge is 2.20. The summed E-state index contributed by atoms with van der Waals surface area (Å²) in [4.78, 5) is 24.2. The normalized spacial score (nSPS) is 9.94. The third-order valence-corrected chi connectivity index (χ3v) is 2.70. The zero-order chi connectivity index (χ0) is 13.7. The molecule has 5 nitrogen and oxygen atoms in total. The van der Waals surface area contributed by atoms with Crippen LogP contribution in [0.15, 0.2) is 18.2 Å². The van der Waals surface area contributed by atoms with Gasteiger partial charge in [0.25, 0.3) is 0 Å². The van der Waals surface area contributed by atoms with E-state index in [4.69, 9.17) is 5.73 Å². The van der Waals surface area contributed by atoms with Crippen LogP contribution >= 0.6 is 0 Å². The highest BCUT2D eigenvalue weighted by atomic mass is 16.2. The second-order valence-electron chi connectivity index (χ2n) is 4.17. The van der Waals surface area contributed by atoms with Crippen LogP contribution in [0.4, 0.5) is 15.3 Å². The standard InChI is InChI=1S/C13H19N3O2/c1-4-7-15-13(18)16(12(14)17)11-6-5-9(2)10(3)8-11/h5-6,8H,4,7H2,1-3H3,(H2,14,17)(H,15,18). The maximum absolute atomic E-state index is 11.9. The predicted octanol–water partition coefficient (Wildman–Crippen LogP) is 2.31. The molecule has 0 heterocycles. The fraction of sp³-hybridized carbons (Fsp3) is 0.385. The largest absolute Gasteiger partial charge is 0.351 e. The molecule has 0 aliphatic rings. The average molecular weight is 249 g/mol. The second-order valence-corrected chi connectivity index (χ2v) is 4.17. The molecule has 0 atom stereocenters. The molecule has 0 aliphatic heterocycles. The lowest BCUT2D eigenvalue weighted by Crippen LogP contribution is -2.47. The van der Waals surface area contributed by atoms with Crippen LogP contribution < -0.4 is 16.0 Å². The van der Waals surface area contributed by atoms with Crippen LogP contribution in [-0.4, -0.2) is 18.6 Å². The van der Waals surface area contributed by atoms with E-state index in [2.05, 4.69) is 5.32 Å². The number of hydrogen-bond acceptors (Lipinski definition) is 2. The Morgan fingerprint density at radius 2 is 1.94 bits per heavy atom. The van der Waals surface area contributed by atoms with Gasteiger partial charge in [0.15, 0.2) is 0 Å². The highest BCUT2D eigenvalue weighted by molar-refractivity contribution is 6.12. The first-order valence-corrected chi connectivity index (χ1v) is 5.92. The monoisotopic (exact) mass is 249 g/mol. The highest BCUT2D eigenvalue weighted by Crippen LogP contribution is 2.18. The lowest BCUT2D eigenvalue weighted by Gasteiger charge is -2.19. The van der Waals surface area contributed by atoms with Crippen molar-refractivity contribution in [1.82, 2.24) is 5.32 Å². The summed E-state index contributed by atoms with van der Waals surface area (Å²) < 4.78 is 0. The topological polar surface area (TPSA) is 75.4 Å².